The van der Waals surface area contributed by atoms with Crippen LogP contribution in [0.5, 0.6) is 23.0 Å². The maximum absolute atomic E-state index is 10.3. The minimum Gasteiger partial charge on any atom is -0.508 e. The van der Waals surface area contributed by atoms with E-state index in [9.17, 15) is 20.4 Å². The van der Waals surface area contributed by atoms with Crippen LogP contribution in [0.4, 0.5) is 0 Å². The number of aliphatic hydroxyl groups is 1. The van der Waals surface area contributed by atoms with Crippen molar-refractivity contribution in [3.8, 4) is 29.1 Å². The molecule has 6 nitrogen and oxygen atoms in total. The van der Waals surface area contributed by atoms with E-state index in [4.69, 9.17) is 10.00 Å². The molecule has 0 spiro atoms. The summed E-state index contributed by atoms with van der Waals surface area (Å²) in [6.07, 6.45) is -1.55. The largest absolute Gasteiger partial charge is 0.508 e. The molecular formula is C16H13NO5. The third kappa shape index (κ3) is 2.28. The Balaban J connectivity index is 2.01. The fourth-order valence-corrected chi connectivity index (χ4v) is 2.57. The van der Waals surface area contributed by atoms with E-state index >= 15 is 0 Å². The lowest BCUT2D eigenvalue weighted by Gasteiger charge is -2.31. The molecule has 6 heteroatoms. The molecule has 2 atom stereocenters. The quantitative estimate of drug-likeness (QED) is 0.637. The van der Waals surface area contributed by atoms with Crippen molar-refractivity contribution in [3.05, 3.63) is 47.0 Å². The highest BCUT2D eigenvalue weighted by Crippen LogP contribution is 2.42. The molecule has 0 aliphatic carbocycles. The van der Waals surface area contributed by atoms with Crippen LogP contribution >= 0.6 is 0 Å². The molecule has 0 saturated heterocycles. The molecule has 0 fully saturated rings. The van der Waals surface area contributed by atoms with E-state index in [1.54, 1.807) is 6.07 Å². The zero-order valence-electron chi connectivity index (χ0n) is 11.4. The van der Waals surface area contributed by atoms with E-state index < -0.39 is 12.2 Å². The van der Waals surface area contributed by atoms with Crippen molar-refractivity contribution in [2.45, 2.75) is 18.6 Å². The number of benzene rings is 2. The van der Waals surface area contributed by atoms with Crippen LogP contribution in [0.1, 0.15) is 22.8 Å². The standard InChI is InChI=1S/C16H13NO5/c17-7-9-3-8(1-2-12(9)19)16-14(21)6-11-13(20)4-10(18)5-15(11)22-16/h1-5,14,16,18-21H,6H2. The number of nitriles is 1. The number of hydrogen-bond donors (Lipinski definition) is 4. The fraction of sp³-hybridized carbons (Fsp3) is 0.188. The van der Waals surface area contributed by atoms with E-state index in [0.29, 0.717) is 11.1 Å². The number of fused-ring (bicyclic) bond motifs is 1. The predicted octanol–water partition coefficient (Wildman–Crippen LogP) is 1.71. The first-order valence-electron chi connectivity index (χ1n) is 6.62. The Kier molecular flexibility index (Phi) is 3.28. The molecule has 3 rings (SSSR count). The van der Waals surface area contributed by atoms with Gasteiger partial charge < -0.3 is 25.2 Å². The van der Waals surface area contributed by atoms with Crippen molar-refractivity contribution in [3.63, 3.8) is 0 Å². The molecule has 2 aromatic carbocycles. The van der Waals surface area contributed by atoms with Crippen LogP contribution in [0, 0.1) is 11.3 Å². The summed E-state index contributed by atoms with van der Waals surface area (Å²) in [5, 5.41) is 48.1. The topological polar surface area (TPSA) is 114 Å². The number of rotatable bonds is 1. The van der Waals surface area contributed by atoms with Gasteiger partial charge in [-0.05, 0) is 17.7 Å². The summed E-state index contributed by atoms with van der Waals surface area (Å²) in [4.78, 5) is 0. The molecular weight excluding hydrogens is 286 g/mol. The molecule has 0 amide bonds. The Hall–Kier alpha value is -2.91. The normalized spacial score (nSPS) is 19.8. The van der Waals surface area contributed by atoms with Crippen molar-refractivity contribution < 1.29 is 25.2 Å². The molecule has 1 aliphatic heterocycles. The van der Waals surface area contributed by atoms with Crippen LogP contribution < -0.4 is 4.74 Å². The Morgan fingerprint density at radius 1 is 1.09 bits per heavy atom. The molecule has 112 valence electrons. The summed E-state index contributed by atoms with van der Waals surface area (Å²) in [5.74, 6) is -0.155. The van der Waals surface area contributed by atoms with E-state index in [2.05, 4.69) is 0 Å². The number of aromatic hydroxyl groups is 3. The average Bonchev–Trinajstić information content (AvgIpc) is 2.48. The van der Waals surface area contributed by atoms with Crippen LogP contribution in [0.15, 0.2) is 30.3 Å². The molecule has 0 aromatic heterocycles. The van der Waals surface area contributed by atoms with Gasteiger partial charge in [0.15, 0.2) is 0 Å². The summed E-state index contributed by atoms with van der Waals surface area (Å²) in [7, 11) is 0. The molecule has 0 bridgehead atoms. The molecule has 0 radical (unpaired) electrons. The number of phenolic OH excluding ortho intramolecular Hbond substituents is 3. The van der Waals surface area contributed by atoms with Crippen LogP contribution in [0.2, 0.25) is 0 Å². The van der Waals surface area contributed by atoms with Crippen molar-refractivity contribution >= 4 is 0 Å². The highest BCUT2D eigenvalue weighted by molar-refractivity contribution is 5.52. The summed E-state index contributed by atoms with van der Waals surface area (Å²) in [6.45, 7) is 0. The van der Waals surface area contributed by atoms with Gasteiger partial charge >= 0.3 is 0 Å². The summed E-state index contributed by atoms with van der Waals surface area (Å²) < 4.78 is 5.67. The monoisotopic (exact) mass is 299 g/mol. The zero-order chi connectivity index (χ0) is 15.9. The van der Waals surface area contributed by atoms with Gasteiger partial charge in [0, 0.05) is 24.1 Å². The zero-order valence-corrected chi connectivity index (χ0v) is 11.4. The lowest BCUT2D eigenvalue weighted by atomic mass is 9.93. The van der Waals surface area contributed by atoms with Crippen molar-refractivity contribution in [2.75, 3.05) is 0 Å². The third-order valence-corrected chi connectivity index (χ3v) is 3.66. The smallest absolute Gasteiger partial charge is 0.150 e. The van der Waals surface area contributed by atoms with Crippen molar-refractivity contribution in [1.82, 2.24) is 0 Å². The highest BCUT2D eigenvalue weighted by atomic mass is 16.5. The van der Waals surface area contributed by atoms with Crippen LogP contribution in [0.3, 0.4) is 0 Å². The SMILES string of the molecule is N#Cc1cc(C2Oc3cc(O)cc(O)c3CC2O)ccc1O. The lowest BCUT2D eigenvalue weighted by molar-refractivity contribution is 0.0198. The maximum atomic E-state index is 10.3. The van der Waals surface area contributed by atoms with E-state index in [0.717, 1.165) is 0 Å². The van der Waals surface area contributed by atoms with E-state index in [1.165, 1.54) is 24.3 Å². The van der Waals surface area contributed by atoms with E-state index in [-0.39, 0.29) is 35.0 Å². The number of hydrogen-bond acceptors (Lipinski definition) is 6. The van der Waals surface area contributed by atoms with Crippen LogP contribution in [0.25, 0.3) is 0 Å². The molecule has 1 aliphatic rings. The van der Waals surface area contributed by atoms with Crippen LogP contribution in [-0.2, 0) is 6.42 Å². The second kappa shape index (κ2) is 5.13. The van der Waals surface area contributed by atoms with Gasteiger partial charge in [0.25, 0.3) is 0 Å². The minimum absolute atomic E-state index is 0.0813. The molecule has 2 unspecified atom stereocenters. The van der Waals surface area contributed by atoms with Gasteiger partial charge in [-0.2, -0.15) is 5.26 Å². The second-order valence-corrected chi connectivity index (χ2v) is 5.14. The summed E-state index contributed by atoms with van der Waals surface area (Å²) >= 11 is 0. The van der Waals surface area contributed by atoms with Gasteiger partial charge in [-0.15, -0.1) is 0 Å². The van der Waals surface area contributed by atoms with Gasteiger partial charge in [-0.3, -0.25) is 0 Å². The third-order valence-electron chi connectivity index (χ3n) is 3.66. The van der Waals surface area contributed by atoms with Gasteiger partial charge in [0.05, 0.1) is 11.7 Å². The maximum Gasteiger partial charge on any atom is 0.150 e. The number of nitrogens with zero attached hydrogens (tertiary/aromatic N) is 1. The number of aliphatic hydroxyl groups excluding tert-OH is 1. The fourth-order valence-electron chi connectivity index (χ4n) is 2.57. The van der Waals surface area contributed by atoms with Gasteiger partial charge in [0.1, 0.15) is 35.2 Å². The Morgan fingerprint density at radius 2 is 1.86 bits per heavy atom. The molecule has 22 heavy (non-hydrogen) atoms. The Labute approximate surface area is 126 Å². The molecule has 1 heterocycles. The average molecular weight is 299 g/mol. The van der Waals surface area contributed by atoms with Crippen LogP contribution in [-0.4, -0.2) is 26.5 Å². The second-order valence-electron chi connectivity index (χ2n) is 5.14. The first kappa shape index (κ1) is 14.0. The van der Waals surface area contributed by atoms with Crippen molar-refractivity contribution in [2.24, 2.45) is 0 Å². The first-order chi connectivity index (χ1) is 10.5. The van der Waals surface area contributed by atoms with Gasteiger partial charge in [-0.1, -0.05) is 6.07 Å². The molecule has 4 N–H and O–H groups in total. The molecule has 2 aromatic rings. The predicted molar refractivity (Wildman–Crippen MR) is 75.7 cm³/mol. The minimum atomic E-state index is -0.931. The highest BCUT2D eigenvalue weighted by Gasteiger charge is 2.32. The van der Waals surface area contributed by atoms with Gasteiger partial charge in [-0.25, -0.2) is 0 Å². The lowest BCUT2D eigenvalue weighted by Crippen LogP contribution is -2.30. The number of ether oxygens (including phenoxy) is 1. The Morgan fingerprint density at radius 3 is 2.59 bits per heavy atom. The summed E-state index contributed by atoms with van der Waals surface area (Å²) in [6, 6.07) is 8.76. The van der Waals surface area contributed by atoms with E-state index in [1.807, 2.05) is 6.07 Å². The van der Waals surface area contributed by atoms with Crippen molar-refractivity contribution in [1.29, 1.82) is 5.26 Å². The van der Waals surface area contributed by atoms with Gasteiger partial charge in [0.2, 0.25) is 0 Å². The first-order valence-corrected chi connectivity index (χ1v) is 6.62. The molecule has 0 saturated carbocycles. The number of phenols is 3. The Bertz CT molecular complexity index is 781. The summed E-state index contributed by atoms with van der Waals surface area (Å²) in [5.41, 5.74) is 1.02.